The van der Waals surface area contributed by atoms with Gasteiger partial charge in [0.2, 0.25) is 5.43 Å². The van der Waals surface area contributed by atoms with Crippen LogP contribution in [0.1, 0.15) is 23.5 Å². The molecule has 0 saturated carbocycles. The van der Waals surface area contributed by atoms with Gasteiger partial charge >= 0.3 is 5.97 Å². The van der Waals surface area contributed by atoms with Crippen molar-refractivity contribution in [3.63, 3.8) is 0 Å². The SMILES string of the molecule is COc1ccc2cc([C@H]3CC(=O)Oc4ccc5c(=O)c(-c6ccccc6F)coc5c43)c(=O)[nH]c2c1. The first kappa shape index (κ1) is 21.8. The molecule has 36 heavy (non-hydrogen) atoms. The summed E-state index contributed by atoms with van der Waals surface area (Å²) in [5.41, 5.74) is 0.896. The largest absolute Gasteiger partial charge is 0.497 e. The molecule has 1 N–H and O–H groups in total. The minimum absolute atomic E-state index is 0.0717. The minimum atomic E-state index is -0.720. The number of pyridine rings is 1. The standard InChI is InChI=1S/C28H18FNO6/c1-34-15-7-6-14-10-19(28(33)30-22(14)11-15)18-12-24(31)36-23-9-8-17-26(32)20(13-35-27(17)25(18)23)16-4-2-3-5-21(16)29/h2-11,13,18H,12H2,1H3,(H,30,33)/t18-/m1/s1. The van der Waals surface area contributed by atoms with Gasteiger partial charge in [0.15, 0.2) is 0 Å². The molecule has 0 aliphatic carbocycles. The number of carbonyl (C=O) groups excluding carboxylic acids is 1. The highest BCUT2D eigenvalue weighted by molar-refractivity contribution is 5.90. The maximum atomic E-state index is 14.4. The molecule has 3 heterocycles. The molecule has 1 atom stereocenters. The Morgan fingerprint density at radius 3 is 2.64 bits per heavy atom. The second kappa shape index (κ2) is 8.20. The summed E-state index contributed by atoms with van der Waals surface area (Å²) in [4.78, 5) is 41.8. The zero-order valence-corrected chi connectivity index (χ0v) is 19.0. The van der Waals surface area contributed by atoms with E-state index in [1.807, 2.05) is 0 Å². The molecule has 2 aromatic heterocycles. The summed E-state index contributed by atoms with van der Waals surface area (Å²) in [7, 11) is 1.54. The van der Waals surface area contributed by atoms with E-state index in [1.54, 1.807) is 30.3 Å². The Kier molecular flexibility index (Phi) is 4.96. The number of rotatable bonds is 3. The molecule has 0 spiro atoms. The number of methoxy groups -OCH3 is 1. The Labute approximate surface area is 202 Å². The average Bonchev–Trinajstić information content (AvgIpc) is 2.88. The first-order valence-corrected chi connectivity index (χ1v) is 11.2. The summed E-state index contributed by atoms with van der Waals surface area (Å²) in [6.45, 7) is 0. The predicted molar refractivity (Wildman–Crippen MR) is 131 cm³/mol. The van der Waals surface area contributed by atoms with Crippen LogP contribution in [-0.2, 0) is 4.79 Å². The number of carbonyl (C=O) groups is 1. The van der Waals surface area contributed by atoms with Crippen molar-refractivity contribution in [2.24, 2.45) is 0 Å². The van der Waals surface area contributed by atoms with E-state index in [2.05, 4.69) is 4.98 Å². The zero-order chi connectivity index (χ0) is 25.0. The number of hydrogen-bond acceptors (Lipinski definition) is 6. The highest BCUT2D eigenvalue weighted by Gasteiger charge is 2.34. The van der Waals surface area contributed by atoms with E-state index in [4.69, 9.17) is 13.9 Å². The summed E-state index contributed by atoms with van der Waals surface area (Å²) < 4.78 is 30.9. The monoisotopic (exact) mass is 483 g/mol. The Balaban J connectivity index is 1.58. The molecule has 0 saturated heterocycles. The molecule has 178 valence electrons. The third-order valence-electron chi connectivity index (χ3n) is 6.50. The zero-order valence-electron chi connectivity index (χ0n) is 19.0. The van der Waals surface area contributed by atoms with Crippen LogP contribution in [0, 0.1) is 5.82 Å². The van der Waals surface area contributed by atoms with Crippen LogP contribution in [-0.4, -0.2) is 18.1 Å². The van der Waals surface area contributed by atoms with Crippen molar-refractivity contribution in [1.82, 2.24) is 4.98 Å². The molecule has 0 radical (unpaired) electrons. The number of hydrogen-bond donors (Lipinski definition) is 1. The number of aromatic amines is 1. The van der Waals surface area contributed by atoms with Gasteiger partial charge in [-0.2, -0.15) is 0 Å². The maximum absolute atomic E-state index is 14.4. The number of H-pyrrole nitrogens is 1. The van der Waals surface area contributed by atoms with E-state index in [-0.39, 0.29) is 39.8 Å². The lowest BCUT2D eigenvalue weighted by Gasteiger charge is -2.25. The summed E-state index contributed by atoms with van der Waals surface area (Å²) in [5.74, 6) is -0.974. The van der Waals surface area contributed by atoms with Gasteiger partial charge in [-0.1, -0.05) is 18.2 Å². The molecule has 0 unspecified atom stereocenters. The molecule has 1 aliphatic heterocycles. The third-order valence-corrected chi connectivity index (χ3v) is 6.50. The molecule has 1 aliphatic rings. The molecule has 6 rings (SSSR count). The van der Waals surface area contributed by atoms with Gasteiger partial charge in [0.05, 0.1) is 30.0 Å². The van der Waals surface area contributed by atoms with Crippen LogP contribution in [0.3, 0.4) is 0 Å². The van der Waals surface area contributed by atoms with Gasteiger partial charge in [0, 0.05) is 28.7 Å². The van der Waals surface area contributed by atoms with Crippen molar-refractivity contribution in [3.05, 3.63) is 104 Å². The van der Waals surface area contributed by atoms with Crippen LogP contribution in [0.25, 0.3) is 33.0 Å². The fourth-order valence-corrected chi connectivity index (χ4v) is 4.77. The topological polar surface area (TPSA) is 98.6 Å². The van der Waals surface area contributed by atoms with Crippen molar-refractivity contribution in [1.29, 1.82) is 0 Å². The fourth-order valence-electron chi connectivity index (χ4n) is 4.77. The molecule has 8 heteroatoms. The second-order valence-electron chi connectivity index (χ2n) is 8.55. The summed E-state index contributed by atoms with van der Waals surface area (Å²) in [6, 6.07) is 15.9. The number of esters is 1. The Morgan fingerprint density at radius 2 is 1.83 bits per heavy atom. The van der Waals surface area contributed by atoms with Gasteiger partial charge in [0.1, 0.15) is 29.2 Å². The number of ether oxygens (including phenoxy) is 2. The van der Waals surface area contributed by atoms with E-state index in [0.29, 0.717) is 22.4 Å². The number of benzene rings is 3. The third kappa shape index (κ3) is 3.38. The number of nitrogens with one attached hydrogen (secondary N) is 1. The number of aromatic nitrogens is 1. The van der Waals surface area contributed by atoms with Gasteiger partial charge in [-0.15, -0.1) is 0 Å². The molecule has 0 fully saturated rings. The summed E-state index contributed by atoms with van der Waals surface area (Å²) in [6.07, 6.45) is 1.09. The lowest BCUT2D eigenvalue weighted by atomic mass is 9.85. The molecular weight excluding hydrogens is 465 g/mol. The molecule has 0 amide bonds. The summed E-state index contributed by atoms with van der Waals surface area (Å²) in [5, 5.41) is 0.939. The van der Waals surface area contributed by atoms with Gasteiger partial charge in [0.25, 0.3) is 5.56 Å². The fraction of sp³-hybridized carbons (Fsp3) is 0.107. The van der Waals surface area contributed by atoms with E-state index in [0.717, 1.165) is 5.39 Å². The van der Waals surface area contributed by atoms with Crippen LogP contribution in [0.5, 0.6) is 11.5 Å². The van der Waals surface area contributed by atoms with Gasteiger partial charge in [-0.05, 0) is 41.8 Å². The van der Waals surface area contributed by atoms with Crippen molar-refractivity contribution < 1.29 is 23.1 Å². The van der Waals surface area contributed by atoms with Crippen LogP contribution < -0.4 is 20.5 Å². The average molecular weight is 483 g/mol. The minimum Gasteiger partial charge on any atom is -0.497 e. The lowest BCUT2D eigenvalue weighted by Crippen LogP contribution is -2.26. The maximum Gasteiger partial charge on any atom is 0.312 e. The highest BCUT2D eigenvalue weighted by atomic mass is 19.1. The Morgan fingerprint density at radius 1 is 1.00 bits per heavy atom. The van der Waals surface area contributed by atoms with Crippen LogP contribution >= 0.6 is 0 Å². The van der Waals surface area contributed by atoms with Gasteiger partial charge in [-0.25, -0.2) is 4.39 Å². The van der Waals surface area contributed by atoms with Gasteiger partial charge < -0.3 is 18.9 Å². The molecule has 7 nitrogen and oxygen atoms in total. The van der Waals surface area contributed by atoms with E-state index < -0.39 is 23.1 Å². The molecular formula is C28H18FNO6. The normalized spacial score (nSPS) is 15.1. The summed E-state index contributed by atoms with van der Waals surface area (Å²) >= 11 is 0. The van der Waals surface area contributed by atoms with Crippen molar-refractivity contribution in [2.45, 2.75) is 12.3 Å². The van der Waals surface area contributed by atoms with Crippen molar-refractivity contribution >= 4 is 27.8 Å². The first-order valence-electron chi connectivity index (χ1n) is 11.2. The first-order chi connectivity index (χ1) is 17.4. The molecule has 5 aromatic rings. The lowest BCUT2D eigenvalue weighted by molar-refractivity contribution is -0.135. The van der Waals surface area contributed by atoms with E-state index in [1.165, 1.54) is 43.7 Å². The van der Waals surface area contributed by atoms with Crippen LogP contribution in [0.15, 0.2) is 80.9 Å². The van der Waals surface area contributed by atoms with Crippen molar-refractivity contribution in [3.8, 4) is 22.6 Å². The molecule has 3 aromatic carbocycles. The number of fused-ring (bicyclic) bond motifs is 4. The van der Waals surface area contributed by atoms with E-state index in [9.17, 15) is 18.8 Å². The second-order valence-corrected chi connectivity index (χ2v) is 8.55. The predicted octanol–water partition coefficient (Wildman–Crippen LogP) is 4.89. The Bertz CT molecular complexity index is 1820. The number of halogens is 1. The van der Waals surface area contributed by atoms with E-state index >= 15 is 0 Å². The van der Waals surface area contributed by atoms with Crippen LogP contribution in [0.4, 0.5) is 4.39 Å². The highest BCUT2D eigenvalue weighted by Crippen LogP contribution is 2.42. The molecule has 0 bridgehead atoms. The smallest absolute Gasteiger partial charge is 0.312 e. The van der Waals surface area contributed by atoms with Gasteiger partial charge in [-0.3, -0.25) is 14.4 Å². The Hall–Kier alpha value is -4.72. The van der Waals surface area contributed by atoms with Crippen molar-refractivity contribution in [2.75, 3.05) is 7.11 Å². The quantitative estimate of drug-likeness (QED) is 0.290. The van der Waals surface area contributed by atoms with Crippen LogP contribution in [0.2, 0.25) is 0 Å².